The molecule has 0 aromatic heterocycles. The minimum atomic E-state index is -1.54. The molecule has 0 aliphatic carbocycles. The maximum atomic E-state index is 5.89. The quantitative estimate of drug-likeness (QED) is 0.588. The highest BCUT2D eigenvalue weighted by molar-refractivity contribution is 6.67. The fourth-order valence-corrected chi connectivity index (χ4v) is 2.14. The molecule has 0 unspecified atom stereocenters. The summed E-state index contributed by atoms with van der Waals surface area (Å²) in [6.45, 7) is 0. The summed E-state index contributed by atoms with van der Waals surface area (Å²) in [5.74, 6) is 0. The Balaban J connectivity index is 3.15. The molecule has 0 N–H and O–H groups in total. The number of hydrogen-bond donors (Lipinski definition) is 0. The largest absolute Gasteiger partial charge is 0.217 e. The second-order valence-corrected chi connectivity index (χ2v) is 6.32. The van der Waals surface area contributed by atoms with E-state index in [4.69, 9.17) is 69.6 Å². The Hall–Kier alpha value is 0.960. The van der Waals surface area contributed by atoms with Crippen molar-refractivity contribution < 1.29 is 0 Å². The zero-order valence-electron chi connectivity index (χ0n) is 6.58. The Morgan fingerprint density at radius 1 is 1.07 bits per heavy atom. The van der Waals surface area contributed by atoms with Gasteiger partial charge in [0.2, 0.25) is 3.79 Å². The van der Waals surface area contributed by atoms with E-state index in [9.17, 15) is 0 Å². The summed E-state index contributed by atoms with van der Waals surface area (Å²) in [6, 6.07) is 4.82. The van der Waals surface area contributed by atoms with E-state index in [1.54, 1.807) is 18.2 Å². The van der Waals surface area contributed by atoms with Crippen LogP contribution in [0.2, 0.25) is 5.02 Å². The average Bonchev–Trinajstić information content (AvgIpc) is 2.01. The van der Waals surface area contributed by atoms with E-state index < -0.39 is 8.63 Å². The molecule has 0 amide bonds. The second kappa shape index (κ2) is 4.86. The third-order valence-electron chi connectivity index (χ3n) is 1.55. The van der Waals surface area contributed by atoms with Crippen molar-refractivity contribution in [2.75, 3.05) is 0 Å². The summed E-state index contributed by atoms with van der Waals surface area (Å²) in [6.07, 6.45) is 0. The molecule has 14 heavy (non-hydrogen) atoms. The maximum absolute atomic E-state index is 5.89. The third kappa shape index (κ3) is 3.23. The van der Waals surface area contributed by atoms with Crippen molar-refractivity contribution in [1.82, 2.24) is 0 Å². The fraction of sp³-hybridized carbons (Fsp3) is 0.250. The summed E-state index contributed by atoms with van der Waals surface area (Å²) >= 11 is 34.2. The van der Waals surface area contributed by atoms with Gasteiger partial charge in [0.25, 0.3) is 0 Å². The average molecular weight is 313 g/mol. The van der Waals surface area contributed by atoms with E-state index in [1.165, 1.54) is 0 Å². The lowest BCUT2D eigenvalue weighted by molar-refractivity contribution is 1.22. The van der Waals surface area contributed by atoms with E-state index in [0.29, 0.717) is 16.1 Å². The van der Waals surface area contributed by atoms with Gasteiger partial charge < -0.3 is 0 Å². The van der Waals surface area contributed by atoms with Crippen molar-refractivity contribution >= 4 is 69.6 Å². The molecule has 0 atom stereocenters. The number of benzene rings is 1. The highest BCUT2D eigenvalue weighted by Crippen LogP contribution is 2.42. The van der Waals surface area contributed by atoms with Crippen LogP contribution in [-0.2, 0) is 3.79 Å². The molecule has 0 aliphatic rings. The summed E-state index contributed by atoms with van der Waals surface area (Å²) in [4.78, 5) is -0.642. The van der Waals surface area contributed by atoms with Gasteiger partial charge in [-0.2, -0.15) is 0 Å². The molecule has 0 bridgehead atoms. The van der Waals surface area contributed by atoms with Crippen LogP contribution in [0.4, 0.5) is 0 Å². The van der Waals surface area contributed by atoms with Crippen LogP contribution in [0.1, 0.15) is 16.0 Å². The van der Waals surface area contributed by atoms with E-state index in [1.807, 2.05) is 0 Å². The molecule has 1 rings (SSSR count). The lowest BCUT2D eigenvalue weighted by atomic mass is 10.2. The molecule has 78 valence electrons. The fourth-order valence-electron chi connectivity index (χ4n) is 0.897. The highest BCUT2D eigenvalue weighted by atomic mass is 35.6. The molecule has 1 aromatic rings. The first-order chi connectivity index (χ1) is 6.32. The van der Waals surface area contributed by atoms with Gasteiger partial charge in [0.05, 0.1) is 0 Å². The molecular formula is C8H4Cl6. The summed E-state index contributed by atoms with van der Waals surface area (Å²) in [7, 11) is 0. The lowest BCUT2D eigenvalue weighted by Crippen LogP contribution is -2.01. The second-order valence-electron chi connectivity index (χ2n) is 2.54. The predicted molar refractivity (Wildman–Crippen MR) is 65.1 cm³/mol. The first kappa shape index (κ1) is 13.0. The van der Waals surface area contributed by atoms with Gasteiger partial charge >= 0.3 is 0 Å². The van der Waals surface area contributed by atoms with Gasteiger partial charge in [-0.05, 0) is 11.6 Å². The van der Waals surface area contributed by atoms with Gasteiger partial charge in [-0.3, -0.25) is 0 Å². The van der Waals surface area contributed by atoms with Gasteiger partial charge in [-0.15, -0.1) is 23.2 Å². The standard InChI is InChI=1S/C8H4Cl6/c9-6-3-4(7(10)11)1-2-5(6)8(12,13)14/h1-3,7H. The lowest BCUT2D eigenvalue weighted by Gasteiger charge is -2.14. The Morgan fingerprint density at radius 2 is 1.64 bits per heavy atom. The molecule has 0 saturated heterocycles. The minimum absolute atomic E-state index is 0.328. The van der Waals surface area contributed by atoms with E-state index in [2.05, 4.69) is 0 Å². The van der Waals surface area contributed by atoms with Crippen molar-refractivity contribution in [3.05, 3.63) is 34.3 Å². The van der Waals surface area contributed by atoms with Crippen LogP contribution in [0.3, 0.4) is 0 Å². The first-order valence-corrected chi connectivity index (χ1v) is 5.85. The zero-order chi connectivity index (χ0) is 10.9. The van der Waals surface area contributed by atoms with Gasteiger partial charge in [-0.25, -0.2) is 0 Å². The van der Waals surface area contributed by atoms with Crippen LogP contribution in [-0.4, -0.2) is 0 Å². The molecule has 0 fully saturated rings. The van der Waals surface area contributed by atoms with Crippen LogP contribution in [0.25, 0.3) is 0 Å². The molecule has 1 aromatic carbocycles. The Kier molecular flexibility index (Phi) is 4.52. The van der Waals surface area contributed by atoms with E-state index >= 15 is 0 Å². The van der Waals surface area contributed by atoms with E-state index in [0.717, 1.165) is 0 Å². The summed E-state index contributed by atoms with van der Waals surface area (Å²) in [5, 5.41) is 0.328. The summed E-state index contributed by atoms with van der Waals surface area (Å²) in [5.41, 5.74) is 1.07. The van der Waals surface area contributed by atoms with Crippen LogP contribution in [0, 0.1) is 0 Å². The first-order valence-electron chi connectivity index (χ1n) is 3.47. The summed E-state index contributed by atoms with van der Waals surface area (Å²) < 4.78 is -1.54. The smallest absolute Gasteiger partial charge is 0.100 e. The topological polar surface area (TPSA) is 0 Å². The number of halogens is 6. The number of hydrogen-bond acceptors (Lipinski definition) is 0. The van der Waals surface area contributed by atoms with Crippen molar-refractivity contribution in [2.45, 2.75) is 8.63 Å². The van der Waals surface area contributed by atoms with Crippen molar-refractivity contribution in [1.29, 1.82) is 0 Å². The van der Waals surface area contributed by atoms with Crippen LogP contribution in [0.5, 0.6) is 0 Å². The minimum Gasteiger partial charge on any atom is -0.100 e. The van der Waals surface area contributed by atoms with Crippen molar-refractivity contribution in [3.8, 4) is 0 Å². The van der Waals surface area contributed by atoms with E-state index in [-0.39, 0.29) is 0 Å². The van der Waals surface area contributed by atoms with Crippen LogP contribution >= 0.6 is 69.6 Å². The zero-order valence-corrected chi connectivity index (χ0v) is 11.1. The Bertz CT molecular complexity index is 327. The van der Waals surface area contributed by atoms with Gasteiger partial charge in [0.1, 0.15) is 4.84 Å². The SMILES string of the molecule is Clc1cc(C(Cl)Cl)ccc1C(Cl)(Cl)Cl. The van der Waals surface area contributed by atoms with Crippen molar-refractivity contribution in [2.24, 2.45) is 0 Å². The maximum Gasteiger partial charge on any atom is 0.217 e. The molecule has 0 spiro atoms. The third-order valence-corrected chi connectivity index (χ3v) is 2.98. The molecule has 6 heteroatoms. The van der Waals surface area contributed by atoms with Gasteiger partial charge in [-0.1, -0.05) is 58.5 Å². The predicted octanol–water partition coefficient (Wildman–Crippen LogP) is 5.64. The van der Waals surface area contributed by atoms with Gasteiger partial charge in [0, 0.05) is 10.6 Å². The molecule has 0 heterocycles. The molecule has 0 radical (unpaired) electrons. The Labute approximate surface area is 112 Å². The number of rotatable bonds is 1. The highest BCUT2D eigenvalue weighted by Gasteiger charge is 2.26. The Morgan fingerprint density at radius 3 is 2.00 bits per heavy atom. The molecule has 0 nitrogen and oxygen atoms in total. The molecular weight excluding hydrogens is 309 g/mol. The normalized spacial score (nSPS) is 12.2. The van der Waals surface area contributed by atoms with Gasteiger partial charge in [0.15, 0.2) is 0 Å². The monoisotopic (exact) mass is 310 g/mol. The number of alkyl halides is 5. The van der Waals surface area contributed by atoms with Crippen LogP contribution < -0.4 is 0 Å². The van der Waals surface area contributed by atoms with Crippen molar-refractivity contribution in [3.63, 3.8) is 0 Å². The molecule has 0 aliphatic heterocycles. The van der Waals surface area contributed by atoms with Crippen LogP contribution in [0.15, 0.2) is 18.2 Å². The molecule has 0 saturated carbocycles.